The first-order valence-corrected chi connectivity index (χ1v) is 19.4. The second kappa shape index (κ2) is 12.7. The molecule has 0 spiro atoms. The Morgan fingerprint density at radius 3 is 2.04 bits per heavy atom. The Balaban J connectivity index is 1.12. The summed E-state index contributed by atoms with van der Waals surface area (Å²) in [6.07, 6.45) is -0.457. The Kier molecular flexibility index (Phi) is 7.38. The molecule has 0 saturated heterocycles. The lowest BCUT2D eigenvalue weighted by Crippen LogP contribution is -2.45. The molecule has 4 heteroatoms. The van der Waals surface area contributed by atoms with Gasteiger partial charge in [0.1, 0.15) is 29.3 Å². The van der Waals surface area contributed by atoms with Gasteiger partial charge in [0.25, 0.3) is 0 Å². The summed E-state index contributed by atoms with van der Waals surface area (Å²) in [5, 5.41) is 12.2. The monoisotopic (exact) mass is 721 g/mol. The van der Waals surface area contributed by atoms with Crippen LogP contribution in [0.3, 0.4) is 0 Å². The molecule has 0 fully saturated rings. The number of nitrogens with zero attached hydrogens (tertiary/aromatic N) is 1. The number of amidine groups is 1. The standard InChI is InChI=1S/C52H39N3O/c1-52(2)45-23-12-11-22-40(45)41-25-24-37(30-46(41)52)42-28-39(29-44-43-27-35-18-9-10-19-36(35)31-47(43)56-48(42)44)51-54-49(33-16-7-4-8-17-33)53-50(55-51)38-21-13-20-34(26-38)32-14-5-3-6-15-32/h3-31,49-50,53H,1-2H3,(H,54,55). The number of benzene rings is 8. The normalized spacial score (nSPS) is 17.1. The molecular weight excluding hydrogens is 683 g/mol. The van der Waals surface area contributed by atoms with Crippen molar-refractivity contribution in [2.75, 3.05) is 0 Å². The summed E-state index contributed by atoms with van der Waals surface area (Å²) in [6.45, 7) is 4.68. The molecule has 0 amide bonds. The molecular formula is C52H39N3O. The third-order valence-electron chi connectivity index (χ3n) is 11.9. The maximum Gasteiger partial charge on any atom is 0.143 e. The zero-order valence-electron chi connectivity index (χ0n) is 31.3. The zero-order valence-corrected chi connectivity index (χ0v) is 31.3. The van der Waals surface area contributed by atoms with Crippen LogP contribution in [0, 0.1) is 0 Å². The van der Waals surface area contributed by atoms with Gasteiger partial charge in [0, 0.05) is 27.3 Å². The van der Waals surface area contributed by atoms with Crippen LogP contribution in [-0.4, -0.2) is 5.84 Å². The van der Waals surface area contributed by atoms with Gasteiger partial charge < -0.3 is 9.73 Å². The zero-order chi connectivity index (χ0) is 37.4. The second-order valence-electron chi connectivity index (χ2n) is 15.7. The number of hydrogen-bond donors (Lipinski definition) is 2. The van der Waals surface area contributed by atoms with Crippen LogP contribution in [0.2, 0.25) is 0 Å². The molecule has 1 aliphatic carbocycles. The lowest BCUT2D eigenvalue weighted by molar-refractivity contribution is 0.409. The van der Waals surface area contributed by atoms with E-state index < -0.39 is 0 Å². The Bertz CT molecular complexity index is 3010. The van der Waals surface area contributed by atoms with Crippen molar-refractivity contribution in [2.45, 2.75) is 31.6 Å². The van der Waals surface area contributed by atoms with Crippen molar-refractivity contribution in [1.29, 1.82) is 0 Å². The predicted molar refractivity (Wildman–Crippen MR) is 231 cm³/mol. The minimum absolute atomic E-state index is 0.130. The van der Waals surface area contributed by atoms with E-state index in [1.165, 1.54) is 38.8 Å². The van der Waals surface area contributed by atoms with Gasteiger partial charge in [0.15, 0.2) is 0 Å². The van der Waals surface area contributed by atoms with Crippen LogP contribution in [-0.2, 0) is 5.41 Å². The highest BCUT2D eigenvalue weighted by Gasteiger charge is 2.35. The van der Waals surface area contributed by atoms with E-state index in [2.05, 4.69) is 200 Å². The number of hydrogen-bond acceptors (Lipinski definition) is 4. The van der Waals surface area contributed by atoms with Crippen molar-refractivity contribution in [1.82, 2.24) is 10.6 Å². The van der Waals surface area contributed by atoms with Gasteiger partial charge in [-0.1, -0.05) is 153 Å². The lowest BCUT2D eigenvalue weighted by Gasteiger charge is -2.32. The summed E-state index contributed by atoms with van der Waals surface area (Å²) in [6, 6.07) is 63.1. The SMILES string of the molecule is CC1(C)c2ccccc2-c2ccc(-c3cc(C4=NC(c5cccc(-c6ccccc6)c5)NC(c5ccccc5)N4)cc4c3oc3cc5ccccc5cc34)cc21. The summed E-state index contributed by atoms with van der Waals surface area (Å²) in [4.78, 5) is 5.46. The molecule has 0 radical (unpaired) electrons. The minimum Gasteiger partial charge on any atom is -0.455 e. The maximum atomic E-state index is 6.89. The molecule has 2 N–H and O–H groups in total. The number of fused-ring (bicyclic) bond motifs is 7. The van der Waals surface area contributed by atoms with Gasteiger partial charge in [-0.05, 0) is 97.2 Å². The Hall–Kier alpha value is -6.75. The lowest BCUT2D eigenvalue weighted by atomic mass is 9.81. The molecule has 1 aromatic heterocycles. The van der Waals surface area contributed by atoms with E-state index in [1.54, 1.807) is 0 Å². The third-order valence-corrected chi connectivity index (χ3v) is 11.9. The highest BCUT2D eigenvalue weighted by atomic mass is 16.3. The Labute approximate surface area is 326 Å². The minimum atomic E-state index is -0.288. The first kappa shape index (κ1) is 32.7. The highest BCUT2D eigenvalue weighted by Crippen LogP contribution is 2.50. The summed E-state index contributed by atoms with van der Waals surface area (Å²) in [5.41, 5.74) is 14.7. The van der Waals surface area contributed by atoms with E-state index in [1.807, 2.05) is 0 Å². The molecule has 8 aromatic carbocycles. The fourth-order valence-electron chi connectivity index (χ4n) is 9.00. The van der Waals surface area contributed by atoms with Crippen LogP contribution in [0.15, 0.2) is 185 Å². The van der Waals surface area contributed by atoms with Gasteiger partial charge in [-0.25, -0.2) is 4.99 Å². The van der Waals surface area contributed by atoms with E-state index in [-0.39, 0.29) is 17.7 Å². The van der Waals surface area contributed by atoms with Crippen LogP contribution in [0.5, 0.6) is 0 Å². The summed E-state index contributed by atoms with van der Waals surface area (Å²) in [5.74, 6) is 0.833. The highest BCUT2D eigenvalue weighted by molar-refractivity contribution is 6.16. The molecule has 0 saturated carbocycles. The molecule has 0 bridgehead atoms. The van der Waals surface area contributed by atoms with Crippen molar-refractivity contribution >= 4 is 38.5 Å². The van der Waals surface area contributed by atoms with E-state index in [4.69, 9.17) is 9.41 Å². The fourth-order valence-corrected chi connectivity index (χ4v) is 9.00. The molecule has 1 aliphatic heterocycles. The quantitative estimate of drug-likeness (QED) is 0.186. The van der Waals surface area contributed by atoms with Crippen LogP contribution >= 0.6 is 0 Å². The van der Waals surface area contributed by atoms with Crippen molar-refractivity contribution < 1.29 is 4.42 Å². The summed E-state index contributed by atoms with van der Waals surface area (Å²) in [7, 11) is 0. The molecule has 268 valence electrons. The van der Waals surface area contributed by atoms with E-state index in [0.29, 0.717) is 0 Å². The number of nitrogens with one attached hydrogen (secondary N) is 2. The van der Waals surface area contributed by atoms with Crippen LogP contribution in [0.4, 0.5) is 0 Å². The fraction of sp³-hybridized carbons (Fsp3) is 0.0962. The van der Waals surface area contributed by atoms with Crippen molar-refractivity contribution in [3.8, 4) is 33.4 Å². The van der Waals surface area contributed by atoms with Gasteiger partial charge >= 0.3 is 0 Å². The Morgan fingerprint density at radius 1 is 0.500 bits per heavy atom. The topological polar surface area (TPSA) is 49.6 Å². The average molecular weight is 722 g/mol. The molecule has 56 heavy (non-hydrogen) atoms. The number of furan rings is 1. The maximum absolute atomic E-state index is 6.89. The summed E-state index contributed by atoms with van der Waals surface area (Å²) >= 11 is 0. The number of rotatable bonds is 5. The van der Waals surface area contributed by atoms with Gasteiger partial charge in [-0.15, -0.1) is 0 Å². The molecule has 2 heterocycles. The van der Waals surface area contributed by atoms with Crippen LogP contribution < -0.4 is 10.6 Å². The molecule has 11 rings (SSSR count). The molecule has 4 nitrogen and oxygen atoms in total. The predicted octanol–water partition coefficient (Wildman–Crippen LogP) is 12.7. The van der Waals surface area contributed by atoms with E-state index in [9.17, 15) is 0 Å². The van der Waals surface area contributed by atoms with Gasteiger partial charge in [-0.2, -0.15) is 0 Å². The molecule has 2 unspecified atom stereocenters. The third kappa shape index (κ3) is 5.29. The van der Waals surface area contributed by atoms with E-state index >= 15 is 0 Å². The number of aliphatic imine (C=N–C) groups is 1. The Morgan fingerprint density at radius 2 is 1.20 bits per heavy atom. The van der Waals surface area contributed by atoms with Crippen LogP contribution in [0.25, 0.3) is 66.1 Å². The summed E-state index contributed by atoms with van der Waals surface area (Å²) < 4.78 is 6.89. The van der Waals surface area contributed by atoms with Gasteiger partial charge in [0.05, 0.1) is 0 Å². The van der Waals surface area contributed by atoms with Crippen LogP contribution in [0.1, 0.15) is 54.0 Å². The first-order valence-electron chi connectivity index (χ1n) is 19.4. The average Bonchev–Trinajstić information content (AvgIpc) is 3.73. The van der Waals surface area contributed by atoms with Crippen molar-refractivity contribution in [3.05, 3.63) is 204 Å². The second-order valence-corrected chi connectivity index (χ2v) is 15.7. The van der Waals surface area contributed by atoms with Crippen molar-refractivity contribution in [3.63, 3.8) is 0 Å². The van der Waals surface area contributed by atoms with E-state index in [0.717, 1.165) is 61.0 Å². The largest absolute Gasteiger partial charge is 0.455 e. The molecule has 2 aliphatic rings. The van der Waals surface area contributed by atoms with Crippen molar-refractivity contribution in [2.24, 2.45) is 4.99 Å². The molecule has 2 atom stereocenters. The van der Waals surface area contributed by atoms with Gasteiger partial charge in [-0.3, -0.25) is 5.32 Å². The smallest absolute Gasteiger partial charge is 0.143 e. The van der Waals surface area contributed by atoms with Gasteiger partial charge in [0.2, 0.25) is 0 Å². The first-order chi connectivity index (χ1) is 27.5. The molecule has 9 aromatic rings.